The van der Waals surface area contributed by atoms with E-state index in [0.29, 0.717) is 0 Å². The van der Waals surface area contributed by atoms with Gasteiger partial charge in [-0.25, -0.2) is 0 Å². The van der Waals surface area contributed by atoms with Crippen molar-refractivity contribution >= 4 is 51.7 Å². The fourth-order valence-electron chi connectivity index (χ4n) is 1.02. The van der Waals surface area contributed by atoms with Crippen LogP contribution in [0.15, 0.2) is 24.5 Å². The van der Waals surface area contributed by atoms with Crippen LogP contribution >= 0.6 is 35.0 Å². The lowest BCUT2D eigenvalue weighted by Gasteiger charge is -2.00. The topological polar surface area (TPSA) is 51.8 Å². The van der Waals surface area contributed by atoms with E-state index in [4.69, 9.17) is 5.73 Å². The fourth-order valence-corrected chi connectivity index (χ4v) is 1.61. The van der Waals surface area contributed by atoms with E-state index in [1.807, 2.05) is 12.1 Å². The molecule has 13 heavy (non-hydrogen) atoms. The molecule has 2 N–H and O–H groups in total. The lowest BCUT2D eigenvalue weighted by Crippen LogP contribution is -1.92. The predicted octanol–water partition coefficient (Wildman–Crippen LogP) is 2.24. The summed E-state index contributed by atoms with van der Waals surface area (Å²) in [7, 11) is 0. The van der Waals surface area contributed by atoms with Gasteiger partial charge in [0, 0.05) is 18.1 Å². The highest BCUT2D eigenvalue weighted by Crippen LogP contribution is 2.21. The molecular formula is C8H7ClIN3. The molecule has 0 aliphatic carbocycles. The summed E-state index contributed by atoms with van der Waals surface area (Å²) < 4.78 is 0.971. The van der Waals surface area contributed by atoms with Crippen molar-refractivity contribution in [2.75, 3.05) is 5.73 Å². The lowest BCUT2D eigenvalue weighted by molar-refractivity contribution is 1.29. The van der Waals surface area contributed by atoms with E-state index in [-0.39, 0.29) is 12.4 Å². The number of benzene rings is 1. The Balaban J connectivity index is 0.000000845. The van der Waals surface area contributed by atoms with Gasteiger partial charge in [0.2, 0.25) is 0 Å². The third kappa shape index (κ3) is 1.83. The Morgan fingerprint density at radius 1 is 1.15 bits per heavy atom. The van der Waals surface area contributed by atoms with E-state index in [2.05, 4.69) is 32.6 Å². The van der Waals surface area contributed by atoms with E-state index in [1.54, 1.807) is 12.4 Å². The summed E-state index contributed by atoms with van der Waals surface area (Å²) in [6, 6.07) is 3.72. The molecule has 0 radical (unpaired) electrons. The summed E-state index contributed by atoms with van der Waals surface area (Å²) in [6.07, 6.45) is 3.35. The van der Waals surface area contributed by atoms with Crippen LogP contribution in [-0.2, 0) is 0 Å². The standard InChI is InChI=1S/C8H6IN3.ClH/c9-7-5(10)1-2-6-8(7)12-4-3-11-6;/h1-4H,10H2;1H. The molecule has 5 heteroatoms. The van der Waals surface area contributed by atoms with Crippen LogP contribution in [0.25, 0.3) is 11.0 Å². The highest BCUT2D eigenvalue weighted by molar-refractivity contribution is 14.1. The minimum absolute atomic E-state index is 0. The summed E-state index contributed by atoms with van der Waals surface area (Å²) in [6.45, 7) is 0. The number of aromatic nitrogens is 2. The molecule has 1 heterocycles. The molecular weight excluding hydrogens is 300 g/mol. The Bertz CT molecular complexity index is 433. The van der Waals surface area contributed by atoms with Crippen molar-refractivity contribution in [3.63, 3.8) is 0 Å². The summed E-state index contributed by atoms with van der Waals surface area (Å²) >= 11 is 2.18. The van der Waals surface area contributed by atoms with Crippen LogP contribution in [0.3, 0.4) is 0 Å². The average molecular weight is 308 g/mol. The Kier molecular flexibility index (Phi) is 3.27. The SMILES string of the molecule is Cl.Nc1ccc2nccnc2c1I. The maximum absolute atomic E-state index is 5.71. The molecule has 0 saturated carbocycles. The third-order valence-corrected chi connectivity index (χ3v) is 2.74. The second-order valence-corrected chi connectivity index (χ2v) is 3.47. The van der Waals surface area contributed by atoms with Crippen LogP contribution in [0.4, 0.5) is 5.69 Å². The Labute approximate surface area is 95.3 Å². The molecule has 0 unspecified atom stereocenters. The van der Waals surface area contributed by atoms with Gasteiger partial charge in [0.1, 0.15) is 5.52 Å². The second-order valence-electron chi connectivity index (χ2n) is 2.39. The van der Waals surface area contributed by atoms with Crippen LogP contribution in [0.1, 0.15) is 0 Å². The van der Waals surface area contributed by atoms with E-state index in [1.165, 1.54) is 0 Å². The molecule has 0 fully saturated rings. The predicted molar refractivity (Wildman–Crippen MR) is 63.9 cm³/mol. The first-order chi connectivity index (χ1) is 5.79. The molecule has 0 atom stereocenters. The summed E-state index contributed by atoms with van der Waals surface area (Å²) in [4.78, 5) is 8.35. The van der Waals surface area contributed by atoms with Crippen molar-refractivity contribution in [3.05, 3.63) is 28.1 Å². The van der Waals surface area contributed by atoms with Crippen LogP contribution in [0.2, 0.25) is 0 Å². The molecule has 2 rings (SSSR count). The first kappa shape index (κ1) is 10.5. The molecule has 3 nitrogen and oxygen atoms in total. The van der Waals surface area contributed by atoms with Crippen molar-refractivity contribution < 1.29 is 0 Å². The molecule has 0 aliphatic rings. The summed E-state index contributed by atoms with van der Waals surface area (Å²) in [5, 5.41) is 0. The smallest absolute Gasteiger partial charge is 0.104 e. The number of nitrogens with two attached hydrogens (primary N) is 1. The van der Waals surface area contributed by atoms with Gasteiger partial charge >= 0.3 is 0 Å². The molecule has 0 aliphatic heterocycles. The zero-order valence-electron chi connectivity index (χ0n) is 6.57. The van der Waals surface area contributed by atoms with Crippen LogP contribution < -0.4 is 5.73 Å². The van der Waals surface area contributed by atoms with Crippen molar-refractivity contribution in [1.82, 2.24) is 9.97 Å². The van der Waals surface area contributed by atoms with Crippen molar-refractivity contribution in [1.29, 1.82) is 0 Å². The van der Waals surface area contributed by atoms with Crippen molar-refractivity contribution in [2.24, 2.45) is 0 Å². The van der Waals surface area contributed by atoms with E-state index >= 15 is 0 Å². The zero-order chi connectivity index (χ0) is 8.55. The normalized spacial score (nSPS) is 9.62. The number of anilines is 1. The summed E-state index contributed by atoms with van der Waals surface area (Å²) in [5.41, 5.74) is 8.22. The maximum atomic E-state index is 5.71. The molecule has 0 bridgehead atoms. The minimum Gasteiger partial charge on any atom is -0.398 e. The van der Waals surface area contributed by atoms with Crippen LogP contribution in [0.5, 0.6) is 0 Å². The van der Waals surface area contributed by atoms with Gasteiger partial charge in [-0.15, -0.1) is 12.4 Å². The van der Waals surface area contributed by atoms with Crippen molar-refractivity contribution in [3.8, 4) is 0 Å². The quantitative estimate of drug-likeness (QED) is 0.600. The maximum Gasteiger partial charge on any atom is 0.104 e. The van der Waals surface area contributed by atoms with Gasteiger partial charge in [-0.3, -0.25) is 9.97 Å². The van der Waals surface area contributed by atoms with Crippen LogP contribution in [0, 0.1) is 3.57 Å². The highest BCUT2D eigenvalue weighted by atomic mass is 127. The molecule has 0 amide bonds. The van der Waals surface area contributed by atoms with Gasteiger partial charge in [-0.05, 0) is 34.7 Å². The number of rotatable bonds is 0. The zero-order valence-corrected chi connectivity index (χ0v) is 9.54. The monoisotopic (exact) mass is 307 g/mol. The number of fused-ring (bicyclic) bond motifs is 1. The van der Waals surface area contributed by atoms with Gasteiger partial charge in [-0.2, -0.15) is 0 Å². The van der Waals surface area contributed by atoms with Gasteiger partial charge < -0.3 is 5.73 Å². The average Bonchev–Trinajstić information content (AvgIpc) is 2.12. The third-order valence-electron chi connectivity index (χ3n) is 1.61. The number of nitrogen functional groups attached to an aromatic ring is 1. The van der Waals surface area contributed by atoms with E-state index in [0.717, 1.165) is 20.3 Å². The van der Waals surface area contributed by atoms with E-state index in [9.17, 15) is 0 Å². The van der Waals surface area contributed by atoms with Gasteiger partial charge in [0.25, 0.3) is 0 Å². The Morgan fingerprint density at radius 2 is 1.85 bits per heavy atom. The molecule has 2 aromatic rings. The van der Waals surface area contributed by atoms with Crippen LogP contribution in [-0.4, -0.2) is 9.97 Å². The van der Waals surface area contributed by atoms with Crippen molar-refractivity contribution in [2.45, 2.75) is 0 Å². The lowest BCUT2D eigenvalue weighted by atomic mass is 10.3. The molecule has 1 aromatic carbocycles. The second kappa shape index (κ2) is 4.06. The Hall–Kier alpha value is -0.620. The highest BCUT2D eigenvalue weighted by Gasteiger charge is 2.02. The number of hydrogen-bond acceptors (Lipinski definition) is 3. The fraction of sp³-hybridized carbons (Fsp3) is 0. The number of nitrogens with zero attached hydrogens (tertiary/aromatic N) is 2. The molecule has 0 saturated heterocycles. The first-order valence-electron chi connectivity index (χ1n) is 3.44. The number of hydrogen-bond donors (Lipinski definition) is 1. The molecule has 68 valence electrons. The largest absolute Gasteiger partial charge is 0.398 e. The molecule has 1 aromatic heterocycles. The van der Waals surface area contributed by atoms with Gasteiger partial charge in [0.15, 0.2) is 0 Å². The van der Waals surface area contributed by atoms with Gasteiger partial charge in [-0.1, -0.05) is 0 Å². The summed E-state index contributed by atoms with van der Waals surface area (Å²) in [5.74, 6) is 0. The number of halogens is 2. The van der Waals surface area contributed by atoms with Gasteiger partial charge in [0.05, 0.1) is 9.09 Å². The minimum atomic E-state index is 0. The first-order valence-corrected chi connectivity index (χ1v) is 4.51. The van der Waals surface area contributed by atoms with E-state index < -0.39 is 0 Å². The Morgan fingerprint density at radius 3 is 2.62 bits per heavy atom. The molecule has 0 spiro atoms.